The summed E-state index contributed by atoms with van der Waals surface area (Å²) in [4.78, 5) is 12.7. The normalized spacial score (nSPS) is 9.79. The number of amides is 1. The first-order valence-electron chi connectivity index (χ1n) is 5.74. The summed E-state index contributed by atoms with van der Waals surface area (Å²) in [6.07, 6.45) is 1.70. The Morgan fingerprint density at radius 2 is 2.42 bits per heavy atom. The van der Waals surface area contributed by atoms with Crippen molar-refractivity contribution >= 4 is 17.2 Å². The largest absolute Gasteiger partial charge is 0.346 e. The van der Waals surface area contributed by atoms with Gasteiger partial charge < -0.3 is 11.1 Å². The van der Waals surface area contributed by atoms with Crippen molar-refractivity contribution in [1.29, 1.82) is 0 Å². The molecule has 2 rings (SSSR count). The number of hydrogen-bond acceptors (Lipinski definition) is 4. The molecule has 0 aliphatic carbocycles. The molecule has 6 heteroatoms. The third-order valence-electron chi connectivity index (χ3n) is 2.55. The molecule has 0 saturated heterocycles. The molecule has 0 unspecified atom stereocenters. The van der Waals surface area contributed by atoms with Crippen LogP contribution in [0, 0.1) is 11.8 Å². The molecular weight excluding hydrogens is 260 g/mol. The van der Waals surface area contributed by atoms with E-state index in [-0.39, 0.29) is 12.5 Å². The van der Waals surface area contributed by atoms with Gasteiger partial charge in [0.2, 0.25) is 0 Å². The summed E-state index contributed by atoms with van der Waals surface area (Å²) in [5, 5.41) is 8.75. The molecule has 0 atom stereocenters. The van der Waals surface area contributed by atoms with Gasteiger partial charge in [-0.15, -0.1) is 11.3 Å². The zero-order valence-corrected chi connectivity index (χ0v) is 11.3. The van der Waals surface area contributed by atoms with Crippen LogP contribution in [0.25, 0.3) is 0 Å². The van der Waals surface area contributed by atoms with Gasteiger partial charge in [-0.1, -0.05) is 11.8 Å². The molecular formula is C13H14N4OS. The van der Waals surface area contributed by atoms with Crippen molar-refractivity contribution in [3.63, 3.8) is 0 Å². The van der Waals surface area contributed by atoms with Gasteiger partial charge in [0.05, 0.1) is 18.8 Å². The van der Waals surface area contributed by atoms with Gasteiger partial charge in [0.1, 0.15) is 4.88 Å². The number of carbonyl (C=O) groups is 1. The Labute approximate surface area is 115 Å². The molecule has 0 fully saturated rings. The zero-order valence-electron chi connectivity index (χ0n) is 10.5. The smallest absolute Gasteiger partial charge is 0.262 e. The van der Waals surface area contributed by atoms with E-state index >= 15 is 0 Å². The fourth-order valence-electron chi connectivity index (χ4n) is 1.56. The molecule has 2 aromatic heterocycles. The predicted octanol–water partition coefficient (Wildman–Crippen LogP) is 0.722. The van der Waals surface area contributed by atoms with Crippen molar-refractivity contribution in [2.45, 2.75) is 6.54 Å². The first kappa shape index (κ1) is 13.3. The molecule has 0 aromatic carbocycles. The molecule has 0 bridgehead atoms. The van der Waals surface area contributed by atoms with Crippen molar-refractivity contribution < 1.29 is 4.79 Å². The molecule has 0 aliphatic heterocycles. The molecule has 2 heterocycles. The van der Waals surface area contributed by atoms with E-state index in [0.29, 0.717) is 11.4 Å². The van der Waals surface area contributed by atoms with Crippen molar-refractivity contribution in [2.24, 2.45) is 12.8 Å². The maximum Gasteiger partial charge on any atom is 0.262 e. The van der Waals surface area contributed by atoms with E-state index < -0.39 is 0 Å². The number of aromatic nitrogens is 2. The quantitative estimate of drug-likeness (QED) is 0.810. The van der Waals surface area contributed by atoms with Crippen LogP contribution in [0.2, 0.25) is 0 Å². The lowest BCUT2D eigenvalue weighted by atomic mass is 10.2. The number of nitrogens with zero attached hydrogens (tertiary/aromatic N) is 2. The van der Waals surface area contributed by atoms with Crippen LogP contribution in [-0.4, -0.2) is 22.2 Å². The van der Waals surface area contributed by atoms with Crippen molar-refractivity contribution in [3.05, 3.63) is 39.8 Å². The average molecular weight is 274 g/mol. The number of nitrogens with two attached hydrogens (primary N) is 1. The number of rotatable bonds is 3. The summed E-state index contributed by atoms with van der Waals surface area (Å²) in [5.41, 5.74) is 6.99. The van der Waals surface area contributed by atoms with Gasteiger partial charge >= 0.3 is 0 Å². The Bertz CT molecular complexity index is 632. The Balaban J connectivity index is 2.04. The van der Waals surface area contributed by atoms with Gasteiger partial charge in [-0.25, -0.2) is 0 Å². The number of aryl methyl sites for hydroxylation is 1. The highest BCUT2D eigenvalue weighted by Crippen LogP contribution is 2.15. The highest BCUT2D eigenvalue weighted by atomic mass is 32.1. The van der Waals surface area contributed by atoms with E-state index in [2.05, 4.69) is 22.3 Å². The lowest BCUT2D eigenvalue weighted by Gasteiger charge is -2.04. The van der Waals surface area contributed by atoms with Crippen LogP contribution in [-0.2, 0) is 13.6 Å². The van der Waals surface area contributed by atoms with Crippen molar-refractivity contribution in [1.82, 2.24) is 15.1 Å². The molecule has 0 spiro atoms. The Kier molecular flexibility index (Phi) is 4.34. The molecule has 0 aliphatic rings. The average Bonchev–Trinajstić information content (AvgIpc) is 3.02. The monoisotopic (exact) mass is 274 g/mol. The topological polar surface area (TPSA) is 72.9 Å². The lowest BCUT2D eigenvalue weighted by Crippen LogP contribution is -2.23. The number of hydrogen-bond donors (Lipinski definition) is 2. The Morgan fingerprint density at radius 3 is 3.11 bits per heavy atom. The fourth-order valence-corrected chi connectivity index (χ4v) is 2.32. The highest BCUT2D eigenvalue weighted by Gasteiger charge is 2.12. The zero-order chi connectivity index (χ0) is 13.7. The second-order valence-electron chi connectivity index (χ2n) is 3.80. The second kappa shape index (κ2) is 6.18. The first-order valence-corrected chi connectivity index (χ1v) is 6.62. The minimum atomic E-state index is -0.127. The van der Waals surface area contributed by atoms with E-state index in [1.54, 1.807) is 10.9 Å². The third kappa shape index (κ3) is 3.22. The third-order valence-corrected chi connectivity index (χ3v) is 3.46. The molecule has 98 valence electrons. The predicted molar refractivity (Wildman–Crippen MR) is 74.6 cm³/mol. The number of nitrogens with one attached hydrogen (secondary N) is 1. The van der Waals surface area contributed by atoms with Crippen LogP contribution in [0.15, 0.2) is 23.7 Å². The molecule has 5 nitrogen and oxygen atoms in total. The standard InChI is InChI=1S/C13H14N4OS/c1-17-11(4-7-16-17)9-15-13(18)12-10(3-2-6-14)5-8-19-12/h4-5,7-8H,6,9,14H2,1H3,(H,15,18). The maximum absolute atomic E-state index is 12.1. The van der Waals surface area contributed by atoms with Gasteiger partial charge in [0, 0.05) is 18.8 Å². The summed E-state index contributed by atoms with van der Waals surface area (Å²) < 4.78 is 1.73. The fraction of sp³-hybridized carbons (Fsp3) is 0.231. The second-order valence-corrected chi connectivity index (χ2v) is 4.71. The van der Waals surface area contributed by atoms with Crippen molar-refractivity contribution in [3.8, 4) is 11.8 Å². The summed E-state index contributed by atoms with van der Waals surface area (Å²) in [7, 11) is 1.84. The Hall–Kier alpha value is -2.10. The van der Waals surface area contributed by atoms with Crippen LogP contribution in [0.3, 0.4) is 0 Å². The van der Waals surface area contributed by atoms with E-state index in [4.69, 9.17) is 5.73 Å². The van der Waals surface area contributed by atoms with Gasteiger partial charge in [-0.05, 0) is 17.5 Å². The lowest BCUT2D eigenvalue weighted by molar-refractivity contribution is 0.0954. The van der Waals surface area contributed by atoms with E-state index in [1.165, 1.54) is 11.3 Å². The highest BCUT2D eigenvalue weighted by molar-refractivity contribution is 7.12. The Morgan fingerprint density at radius 1 is 1.58 bits per heavy atom. The summed E-state index contributed by atoms with van der Waals surface area (Å²) in [6.45, 7) is 0.725. The maximum atomic E-state index is 12.1. The minimum absolute atomic E-state index is 0.127. The van der Waals surface area contributed by atoms with Crippen molar-refractivity contribution in [2.75, 3.05) is 6.54 Å². The van der Waals surface area contributed by atoms with Crippen LogP contribution in [0.5, 0.6) is 0 Å². The molecule has 3 N–H and O–H groups in total. The summed E-state index contributed by atoms with van der Waals surface area (Å²) >= 11 is 1.37. The molecule has 19 heavy (non-hydrogen) atoms. The first-order chi connectivity index (χ1) is 9.22. The molecule has 0 saturated carbocycles. The summed E-state index contributed by atoms with van der Waals surface area (Å²) in [6, 6.07) is 3.69. The molecule has 0 radical (unpaired) electrons. The van der Waals surface area contributed by atoms with Crippen LogP contribution < -0.4 is 11.1 Å². The summed E-state index contributed by atoms with van der Waals surface area (Å²) in [5.74, 6) is 5.52. The van der Waals surface area contributed by atoms with Crippen LogP contribution in [0.4, 0.5) is 0 Å². The number of thiophene rings is 1. The van der Waals surface area contributed by atoms with Gasteiger partial charge in [0.25, 0.3) is 5.91 Å². The number of carbonyl (C=O) groups excluding carboxylic acids is 1. The van der Waals surface area contributed by atoms with Gasteiger partial charge in [-0.3, -0.25) is 9.48 Å². The van der Waals surface area contributed by atoms with Crippen LogP contribution in [0.1, 0.15) is 20.9 Å². The van der Waals surface area contributed by atoms with E-state index in [1.807, 2.05) is 24.6 Å². The SMILES string of the molecule is Cn1nccc1CNC(=O)c1sccc1C#CCN. The van der Waals surface area contributed by atoms with E-state index in [9.17, 15) is 4.79 Å². The molecule has 2 aromatic rings. The van der Waals surface area contributed by atoms with Crippen LogP contribution >= 0.6 is 11.3 Å². The van der Waals surface area contributed by atoms with Gasteiger partial charge in [0.15, 0.2) is 0 Å². The minimum Gasteiger partial charge on any atom is -0.346 e. The van der Waals surface area contributed by atoms with E-state index in [0.717, 1.165) is 11.3 Å². The van der Waals surface area contributed by atoms with Gasteiger partial charge in [-0.2, -0.15) is 5.10 Å². The molecule has 1 amide bonds.